The summed E-state index contributed by atoms with van der Waals surface area (Å²) < 4.78 is 5.55. The summed E-state index contributed by atoms with van der Waals surface area (Å²) in [7, 11) is 0. The molecule has 0 saturated carbocycles. The van der Waals surface area contributed by atoms with Gasteiger partial charge >= 0.3 is 0 Å². The number of aromatic nitrogens is 1. The van der Waals surface area contributed by atoms with Gasteiger partial charge in [-0.1, -0.05) is 34.8 Å². The van der Waals surface area contributed by atoms with Crippen molar-refractivity contribution in [3.8, 4) is 0 Å². The van der Waals surface area contributed by atoms with Crippen LogP contribution >= 0.6 is 34.8 Å². The van der Waals surface area contributed by atoms with E-state index in [0.29, 0.717) is 29.0 Å². The first-order valence-electron chi connectivity index (χ1n) is 5.25. The average Bonchev–Trinajstić information content (AvgIpc) is 2.21. The lowest BCUT2D eigenvalue weighted by Crippen LogP contribution is -2.33. The molecule has 0 saturated heterocycles. The van der Waals surface area contributed by atoms with Gasteiger partial charge in [0.05, 0.1) is 15.6 Å². The predicted octanol–water partition coefficient (Wildman–Crippen LogP) is 4.27. The summed E-state index contributed by atoms with van der Waals surface area (Å²) >= 11 is 17.6. The van der Waals surface area contributed by atoms with E-state index in [0.717, 1.165) is 0 Å². The van der Waals surface area contributed by atoms with Crippen molar-refractivity contribution in [3.05, 3.63) is 21.3 Å². The first-order chi connectivity index (χ1) is 7.85. The van der Waals surface area contributed by atoms with Crippen molar-refractivity contribution in [1.29, 1.82) is 0 Å². The molecule has 0 fully saturated rings. The minimum atomic E-state index is -0.300. The van der Waals surface area contributed by atoms with Gasteiger partial charge in [0.2, 0.25) is 0 Å². The van der Waals surface area contributed by atoms with E-state index in [2.05, 4.69) is 10.3 Å². The van der Waals surface area contributed by atoms with Crippen molar-refractivity contribution >= 4 is 40.6 Å². The Kier molecular flexibility index (Phi) is 5.32. The molecule has 1 aromatic heterocycles. The summed E-state index contributed by atoms with van der Waals surface area (Å²) in [5.74, 6) is 0.508. The van der Waals surface area contributed by atoms with Crippen molar-refractivity contribution in [3.63, 3.8) is 0 Å². The second-order valence-electron chi connectivity index (χ2n) is 4.14. The molecule has 0 bridgehead atoms. The highest BCUT2D eigenvalue weighted by Gasteiger charge is 2.18. The van der Waals surface area contributed by atoms with E-state index in [-0.39, 0.29) is 10.8 Å². The normalized spacial score (nSPS) is 11.6. The molecule has 3 nitrogen and oxygen atoms in total. The Hall–Kier alpha value is -0.220. The molecular formula is C11H15Cl3N2O. The molecule has 0 aliphatic heterocycles. The van der Waals surface area contributed by atoms with Crippen LogP contribution < -0.4 is 5.32 Å². The minimum absolute atomic E-state index is 0.229. The fourth-order valence-electron chi connectivity index (χ4n) is 1.31. The molecule has 1 N–H and O–H groups in total. The number of nitrogens with zero attached hydrogens (tertiary/aromatic N) is 1. The van der Waals surface area contributed by atoms with Crippen LogP contribution in [0.1, 0.15) is 20.8 Å². The van der Waals surface area contributed by atoms with Gasteiger partial charge in [-0.2, -0.15) is 0 Å². The van der Waals surface area contributed by atoms with E-state index in [9.17, 15) is 0 Å². The van der Waals surface area contributed by atoms with Crippen molar-refractivity contribution in [2.24, 2.45) is 0 Å². The van der Waals surface area contributed by atoms with Crippen LogP contribution in [-0.4, -0.2) is 23.7 Å². The highest BCUT2D eigenvalue weighted by Crippen LogP contribution is 2.29. The lowest BCUT2D eigenvalue weighted by Gasteiger charge is -2.25. The maximum atomic E-state index is 6.00. The summed E-state index contributed by atoms with van der Waals surface area (Å²) in [5, 5.41) is 4.10. The Morgan fingerprint density at radius 3 is 2.53 bits per heavy atom. The molecule has 1 rings (SSSR count). The Balaban J connectivity index is 2.73. The van der Waals surface area contributed by atoms with E-state index < -0.39 is 0 Å². The Morgan fingerprint density at radius 1 is 1.29 bits per heavy atom. The number of nitrogens with one attached hydrogen (secondary N) is 1. The third-order valence-corrected chi connectivity index (χ3v) is 3.06. The summed E-state index contributed by atoms with van der Waals surface area (Å²) in [4.78, 5) is 4.07. The Labute approximate surface area is 116 Å². The zero-order chi connectivity index (χ0) is 13.1. The van der Waals surface area contributed by atoms with Crippen molar-refractivity contribution in [2.45, 2.75) is 26.4 Å². The van der Waals surface area contributed by atoms with E-state index in [4.69, 9.17) is 39.5 Å². The zero-order valence-electron chi connectivity index (χ0n) is 9.98. The zero-order valence-corrected chi connectivity index (χ0v) is 12.2. The third kappa shape index (κ3) is 4.51. The number of halogens is 3. The van der Waals surface area contributed by atoms with Crippen LogP contribution in [0.4, 0.5) is 5.82 Å². The fraction of sp³-hybridized carbons (Fsp3) is 0.545. The van der Waals surface area contributed by atoms with Gasteiger partial charge in [-0.05, 0) is 26.8 Å². The topological polar surface area (TPSA) is 34.1 Å². The van der Waals surface area contributed by atoms with Gasteiger partial charge in [0.15, 0.2) is 0 Å². The van der Waals surface area contributed by atoms with Gasteiger partial charge in [-0.15, -0.1) is 0 Å². The maximum Gasteiger partial charge on any atom is 0.150 e. The second kappa shape index (κ2) is 6.10. The smallest absolute Gasteiger partial charge is 0.150 e. The molecule has 0 amide bonds. The minimum Gasteiger partial charge on any atom is -0.374 e. The van der Waals surface area contributed by atoms with Crippen LogP contribution in [0.15, 0.2) is 6.07 Å². The molecule has 1 heterocycles. The van der Waals surface area contributed by atoms with Crippen LogP contribution in [0.2, 0.25) is 15.2 Å². The molecule has 0 aliphatic carbocycles. The number of hydrogen-bond acceptors (Lipinski definition) is 3. The first kappa shape index (κ1) is 14.8. The van der Waals surface area contributed by atoms with Crippen molar-refractivity contribution in [1.82, 2.24) is 4.98 Å². The van der Waals surface area contributed by atoms with Crippen LogP contribution in [0.25, 0.3) is 0 Å². The van der Waals surface area contributed by atoms with Crippen molar-refractivity contribution < 1.29 is 4.74 Å². The largest absolute Gasteiger partial charge is 0.374 e. The fourth-order valence-corrected chi connectivity index (χ4v) is 1.87. The van der Waals surface area contributed by atoms with E-state index in [1.54, 1.807) is 6.07 Å². The highest BCUT2D eigenvalue weighted by atomic mass is 35.5. The van der Waals surface area contributed by atoms with Gasteiger partial charge in [0.25, 0.3) is 0 Å². The Morgan fingerprint density at radius 2 is 1.94 bits per heavy atom. The number of rotatable bonds is 5. The Bertz CT molecular complexity index is 397. The molecule has 6 heteroatoms. The van der Waals surface area contributed by atoms with Crippen LogP contribution in [-0.2, 0) is 4.74 Å². The third-order valence-electron chi connectivity index (χ3n) is 2.10. The van der Waals surface area contributed by atoms with Crippen LogP contribution in [0.3, 0.4) is 0 Å². The van der Waals surface area contributed by atoms with Crippen LogP contribution in [0, 0.1) is 0 Å². The summed E-state index contributed by atoms with van der Waals surface area (Å²) in [5.41, 5.74) is -0.300. The average molecular weight is 298 g/mol. The molecule has 0 spiro atoms. The standard InChI is InChI=1S/C11H15Cl3N2O/c1-4-17-11(2,3)6-15-10-8(13)5-7(12)9(14)16-10/h5H,4,6H2,1-3H3,(H,15,16). The highest BCUT2D eigenvalue weighted by molar-refractivity contribution is 6.42. The van der Waals surface area contributed by atoms with E-state index >= 15 is 0 Å². The molecule has 0 aromatic carbocycles. The monoisotopic (exact) mass is 296 g/mol. The molecule has 0 radical (unpaired) electrons. The van der Waals surface area contributed by atoms with Gasteiger partial charge in [0.1, 0.15) is 11.0 Å². The molecule has 0 atom stereocenters. The van der Waals surface area contributed by atoms with Crippen LogP contribution in [0.5, 0.6) is 0 Å². The van der Waals surface area contributed by atoms with Gasteiger partial charge in [0, 0.05) is 13.2 Å². The number of hydrogen-bond donors (Lipinski definition) is 1. The summed E-state index contributed by atoms with van der Waals surface area (Å²) in [6.07, 6.45) is 0. The van der Waals surface area contributed by atoms with E-state index in [1.807, 2.05) is 20.8 Å². The molecule has 96 valence electrons. The SMILES string of the molecule is CCOC(C)(C)CNc1nc(Cl)c(Cl)cc1Cl. The van der Waals surface area contributed by atoms with E-state index in [1.165, 1.54) is 0 Å². The number of ether oxygens (including phenoxy) is 1. The molecule has 17 heavy (non-hydrogen) atoms. The lowest BCUT2D eigenvalue weighted by atomic mass is 10.1. The summed E-state index contributed by atoms with van der Waals surface area (Å²) in [6.45, 7) is 7.14. The number of anilines is 1. The second-order valence-corrected chi connectivity index (χ2v) is 5.31. The number of pyridine rings is 1. The quantitative estimate of drug-likeness (QED) is 0.824. The maximum absolute atomic E-state index is 6.00. The predicted molar refractivity (Wildman–Crippen MR) is 73.5 cm³/mol. The van der Waals surface area contributed by atoms with Gasteiger partial charge in [-0.25, -0.2) is 4.98 Å². The summed E-state index contributed by atoms with van der Waals surface area (Å²) in [6, 6.07) is 1.56. The van der Waals surface area contributed by atoms with Gasteiger partial charge in [-0.3, -0.25) is 0 Å². The molecule has 1 aromatic rings. The van der Waals surface area contributed by atoms with Crippen molar-refractivity contribution in [2.75, 3.05) is 18.5 Å². The molecule has 0 unspecified atom stereocenters. The van der Waals surface area contributed by atoms with Gasteiger partial charge < -0.3 is 10.1 Å². The lowest BCUT2D eigenvalue weighted by molar-refractivity contribution is 0.000645. The molecule has 0 aliphatic rings. The first-order valence-corrected chi connectivity index (χ1v) is 6.38. The molecular weight excluding hydrogens is 282 g/mol.